The van der Waals surface area contributed by atoms with Gasteiger partial charge in [-0.3, -0.25) is 14.9 Å². The van der Waals surface area contributed by atoms with E-state index >= 15 is 0 Å². The van der Waals surface area contributed by atoms with Crippen molar-refractivity contribution >= 4 is 39.5 Å². The SMILES string of the molecule is CCC1(CC)C(=O)NC(=O)N(c2ccc(Br)c(C)c2)C1=O. The summed E-state index contributed by atoms with van der Waals surface area (Å²) in [6.07, 6.45) is 0.709. The van der Waals surface area contributed by atoms with Crippen molar-refractivity contribution in [1.29, 1.82) is 0 Å². The molecule has 1 aliphatic rings. The molecule has 0 atom stereocenters. The number of rotatable bonds is 3. The van der Waals surface area contributed by atoms with Crippen molar-refractivity contribution in [3.8, 4) is 0 Å². The average molecular weight is 353 g/mol. The van der Waals surface area contributed by atoms with Crippen molar-refractivity contribution in [2.45, 2.75) is 33.6 Å². The minimum Gasteiger partial charge on any atom is -0.276 e. The highest BCUT2D eigenvalue weighted by molar-refractivity contribution is 9.10. The number of nitrogens with one attached hydrogen (secondary N) is 1. The number of hydrogen-bond donors (Lipinski definition) is 1. The molecular formula is C15H17BrN2O3. The first kappa shape index (κ1) is 15.7. The summed E-state index contributed by atoms with van der Waals surface area (Å²) < 4.78 is 0.893. The van der Waals surface area contributed by atoms with Crippen LogP contribution in [-0.4, -0.2) is 17.8 Å². The highest BCUT2D eigenvalue weighted by Gasteiger charge is 2.51. The zero-order chi connectivity index (χ0) is 15.8. The topological polar surface area (TPSA) is 66.5 Å². The van der Waals surface area contributed by atoms with E-state index in [9.17, 15) is 14.4 Å². The van der Waals surface area contributed by atoms with Gasteiger partial charge in [0.1, 0.15) is 5.41 Å². The molecule has 1 aromatic carbocycles. The van der Waals surface area contributed by atoms with E-state index in [0.717, 1.165) is 14.9 Å². The minimum atomic E-state index is -1.17. The molecule has 0 radical (unpaired) electrons. The molecule has 1 aliphatic heterocycles. The third kappa shape index (κ3) is 2.37. The minimum absolute atomic E-state index is 0.355. The van der Waals surface area contributed by atoms with E-state index in [1.165, 1.54) is 0 Å². The lowest BCUT2D eigenvalue weighted by atomic mass is 9.78. The molecule has 21 heavy (non-hydrogen) atoms. The smallest absolute Gasteiger partial charge is 0.276 e. The van der Waals surface area contributed by atoms with Crippen LogP contribution in [0.1, 0.15) is 32.3 Å². The van der Waals surface area contributed by atoms with Gasteiger partial charge >= 0.3 is 6.03 Å². The van der Waals surface area contributed by atoms with Crippen LogP contribution in [0.3, 0.4) is 0 Å². The summed E-state index contributed by atoms with van der Waals surface area (Å²) in [5.41, 5.74) is 0.204. The van der Waals surface area contributed by atoms with E-state index < -0.39 is 23.3 Å². The van der Waals surface area contributed by atoms with Gasteiger partial charge in [-0.05, 0) is 43.5 Å². The van der Waals surface area contributed by atoms with E-state index in [4.69, 9.17) is 0 Å². The number of nitrogens with zero attached hydrogens (tertiary/aromatic N) is 1. The molecule has 1 heterocycles. The highest BCUT2D eigenvalue weighted by atomic mass is 79.9. The van der Waals surface area contributed by atoms with Crippen LogP contribution >= 0.6 is 15.9 Å². The van der Waals surface area contributed by atoms with Crippen LogP contribution in [-0.2, 0) is 9.59 Å². The molecule has 5 nitrogen and oxygen atoms in total. The summed E-state index contributed by atoms with van der Waals surface area (Å²) in [4.78, 5) is 38.0. The van der Waals surface area contributed by atoms with Crippen molar-refractivity contribution in [2.75, 3.05) is 4.90 Å². The molecule has 1 aromatic rings. The number of carbonyl (C=O) groups excluding carboxylic acids is 3. The number of hydrogen-bond acceptors (Lipinski definition) is 3. The van der Waals surface area contributed by atoms with Crippen LogP contribution in [0.4, 0.5) is 10.5 Å². The summed E-state index contributed by atoms with van der Waals surface area (Å²) in [5, 5.41) is 2.30. The van der Waals surface area contributed by atoms with Gasteiger partial charge in [0.05, 0.1) is 5.69 Å². The van der Waals surface area contributed by atoms with Gasteiger partial charge in [0.2, 0.25) is 5.91 Å². The summed E-state index contributed by atoms with van der Waals surface area (Å²) in [6.45, 7) is 5.43. The summed E-state index contributed by atoms with van der Waals surface area (Å²) in [7, 11) is 0. The number of anilines is 1. The summed E-state index contributed by atoms with van der Waals surface area (Å²) in [5.74, 6) is -0.962. The van der Waals surface area contributed by atoms with Crippen LogP contribution in [0.2, 0.25) is 0 Å². The van der Waals surface area contributed by atoms with E-state index in [1.54, 1.807) is 32.0 Å². The molecular weight excluding hydrogens is 336 g/mol. The normalized spacial score (nSPS) is 17.9. The van der Waals surface area contributed by atoms with Gasteiger partial charge in [-0.1, -0.05) is 29.8 Å². The van der Waals surface area contributed by atoms with Crippen LogP contribution in [0.5, 0.6) is 0 Å². The van der Waals surface area contributed by atoms with Gasteiger partial charge in [0.25, 0.3) is 5.91 Å². The van der Waals surface area contributed by atoms with Crippen LogP contribution in [0, 0.1) is 12.3 Å². The number of carbonyl (C=O) groups is 3. The zero-order valence-corrected chi connectivity index (χ0v) is 13.8. The Morgan fingerprint density at radius 1 is 1.19 bits per heavy atom. The van der Waals surface area contributed by atoms with Gasteiger partial charge in [-0.25, -0.2) is 9.69 Å². The molecule has 0 spiro atoms. The lowest BCUT2D eigenvalue weighted by molar-refractivity contribution is -0.143. The van der Waals surface area contributed by atoms with Gasteiger partial charge in [0, 0.05) is 4.47 Å². The number of urea groups is 1. The Labute approximate surface area is 131 Å². The molecule has 1 N–H and O–H groups in total. The molecule has 0 unspecified atom stereocenters. The first-order valence-electron chi connectivity index (χ1n) is 6.83. The first-order chi connectivity index (χ1) is 9.87. The van der Waals surface area contributed by atoms with Gasteiger partial charge in [-0.15, -0.1) is 0 Å². The number of imide groups is 2. The number of benzene rings is 1. The highest BCUT2D eigenvalue weighted by Crippen LogP contribution is 2.35. The molecule has 1 saturated heterocycles. The Kier molecular flexibility index (Phi) is 4.18. The van der Waals surface area contributed by atoms with E-state index in [-0.39, 0.29) is 0 Å². The molecule has 0 bridgehead atoms. The van der Waals surface area contributed by atoms with Crippen LogP contribution in [0.25, 0.3) is 0 Å². The zero-order valence-electron chi connectivity index (χ0n) is 12.2. The Morgan fingerprint density at radius 3 is 2.33 bits per heavy atom. The number of amides is 4. The Balaban J connectivity index is 2.51. The van der Waals surface area contributed by atoms with E-state index in [2.05, 4.69) is 21.2 Å². The van der Waals surface area contributed by atoms with Crippen LogP contribution in [0.15, 0.2) is 22.7 Å². The molecule has 6 heteroatoms. The van der Waals surface area contributed by atoms with Gasteiger partial charge in [-0.2, -0.15) is 0 Å². The van der Waals surface area contributed by atoms with Crippen molar-refractivity contribution in [3.05, 3.63) is 28.2 Å². The third-order valence-corrected chi connectivity index (χ3v) is 4.97. The first-order valence-corrected chi connectivity index (χ1v) is 7.62. The van der Waals surface area contributed by atoms with E-state index in [0.29, 0.717) is 18.5 Å². The van der Waals surface area contributed by atoms with Gasteiger partial charge < -0.3 is 0 Å². The maximum Gasteiger partial charge on any atom is 0.335 e. The maximum absolute atomic E-state index is 12.8. The summed E-state index contributed by atoms with van der Waals surface area (Å²) >= 11 is 3.38. The number of aryl methyl sites for hydroxylation is 1. The second-order valence-electron chi connectivity index (χ2n) is 5.12. The largest absolute Gasteiger partial charge is 0.335 e. The standard InChI is InChI=1S/C15H17BrN2O3/c1-4-15(5-2)12(19)17-14(21)18(13(15)20)10-6-7-11(16)9(3)8-10/h6-8H,4-5H2,1-3H3,(H,17,19,21). The van der Waals surface area contributed by atoms with Crippen molar-refractivity contribution < 1.29 is 14.4 Å². The molecule has 4 amide bonds. The monoisotopic (exact) mass is 352 g/mol. The second-order valence-corrected chi connectivity index (χ2v) is 5.98. The van der Waals surface area contributed by atoms with Crippen molar-refractivity contribution in [2.24, 2.45) is 5.41 Å². The van der Waals surface area contributed by atoms with E-state index in [1.807, 2.05) is 6.92 Å². The molecule has 1 fully saturated rings. The van der Waals surface area contributed by atoms with Crippen molar-refractivity contribution in [1.82, 2.24) is 5.32 Å². The Morgan fingerprint density at radius 2 is 1.81 bits per heavy atom. The molecule has 2 rings (SSSR count). The lowest BCUT2D eigenvalue weighted by Crippen LogP contribution is -2.64. The lowest BCUT2D eigenvalue weighted by Gasteiger charge is -2.38. The fraction of sp³-hybridized carbons (Fsp3) is 0.400. The number of halogens is 1. The molecule has 0 aromatic heterocycles. The molecule has 0 saturated carbocycles. The second kappa shape index (κ2) is 5.60. The molecule has 112 valence electrons. The predicted octanol–water partition coefficient (Wildman–Crippen LogP) is 3.15. The van der Waals surface area contributed by atoms with Crippen molar-refractivity contribution in [3.63, 3.8) is 0 Å². The fourth-order valence-corrected chi connectivity index (χ4v) is 2.80. The number of barbiturate groups is 1. The average Bonchev–Trinajstić information content (AvgIpc) is 2.44. The molecule has 0 aliphatic carbocycles. The third-order valence-electron chi connectivity index (χ3n) is 4.08. The predicted molar refractivity (Wildman–Crippen MR) is 82.9 cm³/mol. The van der Waals surface area contributed by atoms with Gasteiger partial charge in [0.15, 0.2) is 0 Å². The maximum atomic E-state index is 12.8. The fourth-order valence-electron chi connectivity index (χ4n) is 2.55. The Hall–Kier alpha value is -1.69. The Bertz CT molecular complexity index is 623. The summed E-state index contributed by atoms with van der Waals surface area (Å²) in [6, 6.07) is 4.51. The van der Waals surface area contributed by atoms with Crippen LogP contribution < -0.4 is 10.2 Å². The quantitative estimate of drug-likeness (QED) is 0.849.